The van der Waals surface area contributed by atoms with Crippen LogP contribution >= 0.6 is 0 Å². The Morgan fingerprint density at radius 2 is 1.95 bits per heavy atom. The van der Waals surface area contributed by atoms with E-state index in [4.69, 9.17) is 5.73 Å². The maximum atomic E-state index is 12.1. The van der Waals surface area contributed by atoms with E-state index in [9.17, 15) is 4.79 Å². The summed E-state index contributed by atoms with van der Waals surface area (Å²) in [5.74, 6) is -0.274. The van der Waals surface area contributed by atoms with Crippen molar-refractivity contribution in [2.45, 2.75) is 0 Å². The van der Waals surface area contributed by atoms with Crippen LogP contribution < -0.4 is 11.1 Å². The van der Waals surface area contributed by atoms with Crippen molar-refractivity contribution in [1.82, 2.24) is 14.8 Å². The van der Waals surface area contributed by atoms with Crippen molar-refractivity contribution in [2.75, 3.05) is 11.1 Å². The summed E-state index contributed by atoms with van der Waals surface area (Å²) < 4.78 is 1.61. The molecule has 2 heterocycles. The first kappa shape index (κ1) is 12.9. The van der Waals surface area contributed by atoms with Crippen LogP contribution in [-0.2, 0) is 0 Å². The first-order valence-corrected chi connectivity index (χ1v) is 6.35. The molecule has 0 aliphatic carbocycles. The highest BCUT2D eigenvalue weighted by Gasteiger charge is 2.10. The van der Waals surface area contributed by atoms with E-state index in [1.807, 2.05) is 12.1 Å². The Bertz CT molecular complexity index is 766. The van der Waals surface area contributed by atoms with Gasteiger partial charge in [0, 0.05) is 30.0 Å². The average Bonchev–Trinajstić information content (AvgIpc) is 2.98. The molecule has 3 N–H and O–H groups in total. The van der Waals surface area contributed by atoms with E-state index in [1.54, 1.807) is 53.6 Å². The van der Waals surface area contributed by atoms with Gasteiger partial charge in [0.2, 0.25) is 0 Å². The van der Waals surface area contributed by atoms with Crippen LogP contribution in [0.2, 0.25) is 0 Å². The van der Waals surface area contributed by atoms with E-state index < -0.39 is 0 Å². The summed E-state index contributed by atoms with van der Waals surface area (Å²) in [6.07, 6.45) is 4.94. The molecule has 0 unspecified atom stereocenters. The predicted molar refractivity (Wildman–Crippen MR) is 80.2 cm³/mol. The van der Waals surface area contributed by atoms with Crippen LogP contribution in [0.5, 0.6) is 0 Å². The lowest BCUT2D eigenvalue weighted by atomic mass is 10.3. The van der Waals surface area contributed by atoms with Crippen molar-refractivity contribution >= 4 is 17.3 Å². The molecule has 0 radical (unpaired) electrons. The van der Waals surface area contributed by atoms with E-state index in [0.29, 0.717) is 17.1 Å². The second-order valence-corrected chi connectivity index (χ2v) is 4.43. The third-order valence-corrected chi connectivity index (χ3v) is 2.89. The molecule has 21 heavy (non-hydrogen) atoms. The SMILES string of the molecule is Nc1cccc(-n2ccc(C(=O)Nc3ccncc3)n2)c1. The summed E-state index contributed by atoms with van der Waals surface area (Å²) in [5.41, 5.74) is 8.19. The van der Waals surface area contributed by atoms with Gasteiger partial charge in [-0.15, -0.1) is 0 Å². The predicted octanol–water partition coefficient (Wildman–Crippen LogP) is 2.10. The molecule has 2 aromatic heterocycles. The van der Waals surface area contributed by atoms with Gasteiger partial charge >= 0.3 is 0 Å². The lowest BCUT2D eigenvalue weighted by Gasteiger charge is -2.03. The summed E-state index contributed by atoms with van der Waals surface area (Å²) >= 11 is 0. The first-order valence-electron chi connectivity index (χ1n) is 6.35. The van der Waals surface area contributed by atoms with Crippen LogP contribution in [0.3, 0.4) is 0 Å². The van der Waals surface area contributed by atoms with Crippen LogP contribution in [0.1, 0.15) is 10.5 Å². The highest BCUT2D eigenvalue weighted by Crippen LogP contribution is 2.12. The minimum atomic E-state index is -0.274. The highest BCUT2D eigenvalue weighted by atomic mass is 16.1. The van der Waals surface area contributed by atoms with Crippen molar-refractivity contribution in [2.24, 2.45) is 0 Å². The van der Waals surface area contributed by atoms with Crippen LogP contribution in [0.4, 0.5) is 11.4 Å². The minimum Gasteiger partial charge on any atom is -0.399 e. The molecule has 3 aromatic rings. The Morgan fingerprint density at radius 3 is 2.71 bits per heavy atom. The summed E-state index contributed by atoms with van der Waals surface area (Å²) in [6, 6.07) is 12.4. The van der Waals surface area contributed by atoms with Gasteiger partial charge in [0.1, 0.15) is 0 Å². The number of anilines is 2. The number of aromatic nitrogens is 3. The van der Waals surface area contributed by atoms with Crippen molar-refractivity contribution in [3.05, 3.63) is 66.7 Å². The number of nitrogens with zero attached hydrogens (tertiary/aromatic N) is 3. The Morgan fingerprint density at radius 1 is 1.14 bits per heavy atom. The monoisotopic (exact) mass is 279 g/mol. The number of nitrogen functional groups attached to an aromatic ring is 1. The van der Waals surface area contributed by atoms with E-state index in [0.717, 1.165) is 5.69 Å². The van der Waals surface area contributed by atoms with Crippen LogP contribution in [0.15, 0.2) is 61.1 Å². The fraction of sp³-hybridized carbons (Fsp3) is 0. The normalized spacial score (nSPS) is 10.3. The number of nitrogens with one attached hydrogen (secondary N) is 1. The molecule has 6 heteroatoms. The number of rotatable bonds is 3. The summed E-state index contributed by atoms with van der Waals surface area (Å²) in [7, 11) is 0. The van der Waals surface area contributed by atoms with E-state index in [2.05, 4.69) is 15.4 Å². The van der Waals surface area contributed by atoms with Gasteiger partial charge in [-0.25, -0.2) is 4.68 Å². The lowest BCUT2D eigenvalue weighted by Crippen LogP contribution is -2.13. The van der Waals surface area contributed by atoms with E-state index >= 15 is 0 Å². The third kappa shape index (κ3) is 2.89. The zero-order valence-electron chi connectivity index (χ0n) is 11.1. The van der Waals surface area contributed by atoms with E-state index in [-0.39, 0.29) is 5.91 Å². The van der Waals surface area contributed by atoms with Gasteiger partial charge in [0.05, 0.1) is 5.69 Å². The van der Waals surface area contributed by atoms with Crippen LogP contribution in [0.25, 0.3) is 5.69 Å². The molecule has 104 valence electrons. The second kappa shape index (κ2) is 5.46. The number of pyridine rings is 1. The highest BCUT2D eigenvalue weighted by molar-refractivity contribution is 6.02. The van der Waals surface area contributed by atoms with Gasteiger partial charge in [-0.1, -0.05) is 6.07 Å². The molecule has 0 atom stereocenters. The molecule has 0 saturated heterocycles. The van der Waals surface area contributed by atoms with Crippen LogP contribution in [0, 0.1) is 0 Å². The molecule has 0 bridgehead atoms. The smallest absolute Gasteiger partial charge is 0.276 e. The van der Waals surface area contributed by atoms with Gasteiger partial charge in [-0.2, -0.15) is 5.10 Å². The average molecular weight is 279 g/mol. The molecule has 0 saturated carbocycles. The van der Waals surface area contributed by atoms with Gasteiger partial charge in [-0.05, 0) is 36.4 Å². The number of carbonyl (C=O) groups excluding carboxylic acids is 1. The van der Waals surface area contributed by atoms with Crippen LogP contribution in [-0.4, -0.2) is 20.7 Å². The fourth-order valence-electron chi connectivity index (χ4n) is 1.89. The van der Waals surface area contributed by atoms with Gasteiger partial charge < -0.3 is 11.1 Å². The topological polar surface area (TPSA) is 85.8 Å². The zero-order chi connectivity index (χ0) is 14.7. The fourth-order valence-corrected chi connectivity index (χ4v) is 1.89. The van der Waals surface area contributed by atoms with Crippen molar-refractivity contribution in [1.29, 1.82) is 0 Å². The molecule has 0 spiro atoms. The third-order valence-electron chi connectivity index (χ3n) is 2.89. The maximum absolute atomic E-state index is 12.1. The minimum absolute atomic E-state index is 0.274. The van der Waals surface area contributed by atoms with Gasteiger partial charge in [0.15, 0.2) is 5.69 Å². The standard InChI is InChI=1S/C15H13N5O/c16-11-2-1-3-13(10-11)20-9-6-14(19-20)15(21)18-12-4-7-17-8-5-12/h1-10H,16H2,(H,17,18,21). The second-order valence-electron chi connectivity index (χ2n) is 4.43. The molecule has 1 amide bonds. The number of carbonyl (C=O) groups is 1. The molecule has 3 rings (SSSR count). The Kier molecular flexibility index (Phi) is 3.34. The first-order chi connectivity index (χ1) is 10.2. The van der Waals surface area contributed by atoms with Gasteiger partial charge in [0.25, 0.3) is 5.91 Å². The molecular weight excluding hydrogens is 266 g/mol. The van der Waals surface area contributed by atoms with Crippen molar-refractivity contribution in [3.63, 3.8) is 0 Å². The number of hydrogen-bond donors (Lipinski definition) is 2. The summed E-state index contributed by atoms with van der Waals surface area (Å²) in [6.45, 7) is 0. The Balaban J connectivity index is 1.80. The molecular formula is C15H13N5O. The lowest BCUT2D eigenvalue weighted by molar-refractivity contribution is 0.102. The summed E-state index contributed by atoms with van der Waals surface area (Å²) in [4.78, 5) is 16.0. The zero-order valence-corrected chi connectivity index (χ0v) is 11.1. The largest absolute Gasteiger partial charge is 0.399 e. The maximum Gasteiger partial charge on any atom is 0.276 e. The molecule has 6 nitrogen and oxygen atoms in total. The van der Waals surface area contributed by atoms with E-state index in [1.165, 1.54) is 0 Å². The molecule has 0 aliphatic rings. The molecule has 0 fully saturated rings. The molecule has 0 aliphatic heterocycles. The number of amides is 1. The van der Waals surface area contributed by atoms with Crippen molar-refractivity contribution < 1.29 is 4.79 Å². The number of benzene rings is 1. The van der Waals surface area contributed by atoms with Gasteiger partial charge in [-0.3, -0.25) is 9.78 Å². The Labute approximate surface area is 121 Å². The van der Waals surface area contributed by atoms with Crippen molar-refractivity contribution in [3.8, 4) is 5.69 Å². The number of hydrogen-bond acceptors (Lipinski definition) is 4. The quantitative estimate of drug-likeness (QED) is 0.719. The summed E-state index contributed by atoms with van der Waals surface area (Å²) in [5, 5.41) is 7.01. The Hall–Kier alpha value is -3.15. The molecule has 1 aromatic carbocycles. The number of nitrogens with two attached hydrogens (primary N) is 1.